The third-order valence-corrected chi connectivity index (χ3v) is 9.30. The van der Waals surface area contributed by atoms with Crippen molar-refractivity contribution in [3.05, 3.63) is 158 Å². The van der Waals surface area contributed by atoms with E-state index in [-0.39, 0.29) is 0 Å². The van der Waals surface area contributed by atoms with Crippen molar-refractivity contribution in [2.45, 2.75) is 0 Å². The van der Waals surface area contributed by atoms with Crippen molar-refractivity contribution in [3.63, 3.8) is 0 Å². The first-order valence-electron chi connectivity index (χ1n) is 16.3. The van der Waals surface area contributed by atoms with Crippen molar-refractivity contribution in [3.8, 4) is 39.9 Å². The van der Waals surface area contributed by atoms with Crippen LogP contribution < -0.4 is 0 Å². The molecule has 0 atom stereocenters. The van der Waals surface area contributed by atoms with Gasteiger partial charge in [-0.3, -0.25) is 9.97 Å². The summed E-state index contributed by atoms with van der Waals surface area (Å²) in [5, 5.41) is 6.89. The van der Waals surface area contributed by atoms with Gasteiger partial charge in [0.05, 0.1) is 22.1 Å². The number of benzene rings is 7. The van der Waals surface area contributed by atoms with Gasteiger partial charge < -0.3 is 4.57 Å². The topological polar surface area (TPSA) is 69.4 Å². The maximum atomic E-state index is 5.00. The summed E-state index contributed by atoms with van der Waals surface area (Å²) in [6.07, 6.45) is 3.55. The van der Waals surface area contributed by atoms with E-state index in [1.165, 1.54) is 21.5 Å². The second-order valence-electron chi connectivity index (χ2n) is 12.2. The van der Waals surface area contributed by atoms with Crippen LogP contribution in [0.15, 0.2) is 158 Å². The summed E-state index contributed by atoms with van der Waals surface area (Å²) in [4.78, 5) is 24.5. The molecule has 3 aromatic heterocycles. The molecule has 0 spiro atoms. The van der Waals surface area contributed by atoms with Crippen molar-refractivity contribution in [1.29, 1.82) is 0 Å². The van der Waals surface area contributed by atoms with Gasteiger partial charge in [-0.15, -0.1) is 0 Å². The maximum Gasteiger partial charge on any atom is 0.164 e. The third-order valence-electron chi connectivity index (χ3n) is 9.30. The van der Waals surface area contributed by atoms with Gasteiger partial charge in [0.2, 0.25) is 0 Å². The molecule has 0 saturated carbocycles. The van der Waals surface area contributed by atoms with Gasteiger partial charge in [-0.2, -0.15) is 0 Å². The predicted molar refractivity (Wildman–Crippen MR) is 199 cm³/mol. The largest absolute Gasteiger partial charge is 0.309 e. The van der Waals surface area contributed by atoms with E-state index in [1.54, 1.807) is 12.4 Å². The second kappa shape index (κ2) is 10.9. The zero-order valence-electron chi connectivity index (χ0n) is 26.2. The zero-order valence-corrected chi connectivity index (χ0v) is 26.2. The summed E-state index contributed by atoms with van der Waals surface area (Å²) in [5.41, 5.74) is 7.83. The SMILES string of the molecule is c1ccc(-c2nc(-c3ccccc3)nc(-c3cccc(-n4c5ccccc5c5cc6c7ccccc7c7nccnc7c6cc54)c3)n2)cc1. The summed E-state index contributed by atoms with van der Waals surface area (Å²) < 4.78 is 2.34. The number of para-hydroxylation sites is 1. The van der Waals surface area contributed by atoms with Crippen LogP contribution in [0.4, 0.5) is 0 Å². The van der Waals surface area contributed by atoms with Crippen molar-refractivity contribution in [2.75, 3.05) is 0 Å². The molecular formula is C43H26N6. The molecule has 7 aromatic carbocycles. The molecule has 0 N–H and O–H groups in total. The molecule has 0 aliphatic heterocycles. The molecule has 6 heteroatoms. The first-order chi connectivity index (χ1) is 24.3. The molecule has 3 heterocycles. The lowest BCUT2D eigenvalue weighted by Crippen LogP contribution is -2.01. The highest BCUT2D eigenvalue weighted by Gasteiger charge is 2.18. The van der Waals surface area contributed by atoms with E-state index in [0.29, 0.717) is 17.5 Å². The summed E-state index contributed by atoms with van der Waals surface area (Å²) in [7, 11) is 0. The molecule has 228 valence electrons. The average molecular weight is 627 g/mol. The summed E-state index contributed by atoms with van der Waals surface area (Å²) in [6, 6.07) is 50.3. The van der Waals surface area contributed by atoms with E-state index in [9.17, 15) is 0 Å². The van der Waals surface area contributed by atoms with Gasteiger partial charge in [-0.05, 0) is 41.1 Å². The highest BCUT2D eigenvalue weighted by Crippen LogP contribution is 2.40. The molecule has 0 radical (unpaired) electrons. The van der Waals surface area contributed by atoms with Gasteiger partial charge in [-0.1, -0.05) is 115 Å². The summed E-state index contributed by atoms with van der Waals surface area (Å²) in [6.45, 7) is 0. The Kier molecular flexibility index (Phi) is 6.08. The fourth-order valence-electron chi connectivity index (χ4n) is 7.09. The average Bonchev–Trinajstić information content (AvgIpc) is 3.51. The second-order valence-corrected chi connectivity index (χ2v) is 12.2. The Morgan fingerprint density at radius 3 is 1.59 bits per heavy atom. The Labute approximate surface area is 281 Å². The smallest absolute Gasteiger partial charge is 0.164 e. The van der Waals surface area contributed by atoms with Gasteiger partial charge in [0.15, 0.2) is 17.5 Å². The highest BCUT2D eigenvalue weighted by atomic mass is 15.0. The quantitative estimate of drug-likeness (QED) is 0.182. The van der Waals surface area contributed by atoms with Crippen LogP contribution in [-0.4, -0.2) is 29.5 Å². The fourth-order valence-corrected chi connectivity index (χ4v) is 7.09. The van der Waals surface area contributed by atoms with Crippen LogP contribution in [0.3, 0.4) is 0 Å². The van der Waals surface area contributed by atoms with Crippen LogP contribution in [0.1, 0.15) is 0 Å². The van der Waals surface area contributed by atoms with Crippen LogP contribution >= 0.6 is 0 Å². The molecule has 10 aromatic rings. The molecule has 10 rings (SSSR count). The Morgan fingerprint density at radius 2 is 0.898 bits per heavy atom. The Morgan fingerprint density at radius 1 is 0.347 bits per heavy atom. The van der Waals surface area contributed by atoms with Gasteiger partial charge >= 0.3 is 0 Å². The van der Waals surface area contributed by atoms with E-state index in [4.69, 9.17) is 24.9 Å². The van der Waals surface area contributed by atoms with Crippen LogP contribution in [0.5, 0.6) is 0 Å². The first-order valence-corrected chi connectivity index (χ1v) is 16.3. The molecule has 0 amide bonds. The van der Waals surface area contributed by atoms with E-state index in [0.717, 1.165) is 55.2 Å². The van der Waals surface area contributed by atoms with E-state index in [1.807, 2.05) is 60.7 Å². The maximum absolute atomic E-state index is 5.00. The van der Waals surface area contributed by atoms with Crippen LogP contribution in [0.25, 0.3) is 94.2 Å². The van der Waals surface area contributed by atoms with Gasteiger partial charge in [0.25, 0.3) is 0 Å². The monoisotopic (exact) mass is 626 g/mol. The summed E-state index contributed by atoms with van der Waals surface area (Å²) in [5.74, 6) is 1.89. The lowest BCUT2D eigenvalue weighted by molar-refractivity contribution is 1.07. The van der Waals surface area contributed by atoms with E-state index in [2.05, 4.69) is 89.5 Å². The van der Waals surface area contributed by atoms with Crippen molar-refractivity contribution < 1.29 is 0 Å². The molecule has 49 heavy (non-hydrogen) atoms. The number of nitrogens with zero attached hydrogens (tertiary/aromatic N) is 6. The Bertz CT molecular complexity index is 2820. The molecule has 0 unspecified atom stereocenters. The molecular weight excluding hydrogens is 601 g/mol. The van der Waals surface area contributed by atoms with E-state index < -0.39 is 0 Å². The van der Waals surface area contributed by atoms with Crippen LogP contribution in [0, 0.1) is 0 Å². The lowest BCUT2D eigenvalue weighted by Gasteiger charge is -2.13. The number of aromatic nitrogens is 6. The Balaban J connectivity index is 1.23. The van der Waals surface area contributed by atoms with E-state index >= 15 is 0 Å². The fraction of sp³-hybridized carbons (Fsp3) is 0. The molecule has 0 aliphatic rings. The zero-order chi connectivity index (χ0) is 32.3. The number of hydrogen-bond donors (Lipinski definition) is 0. The van der Waals surface area contributed by atoms with Gasteiger partial charge in [0, 0.05) is 56.3 Å². The highest BCUT2D eigenvalue weighted by molar-refractivity contribution is 6.27. The van der Waals surface area contributed by atoms with Crippen LogP contribution in [-0.2, 0) is 0 Å². The van der Waals surface area contributed by atoms with Crippen molar-refractivity contribution in [1.82, 2.24) is 29.5 Å². The standard InChI is InChI=1S/C43H26N6/c1-3-12-27(13-4-1)41-46-42(28-14-5-2-6-15-28)48-43(47-41)29-16-11-17-30(24-29)49-37-21-10-9-19-32(37)35-25-34-31-18-7-8-20-33(31)39-40(45-23-22-44-39)36(34)26-38(35)49/h1-26H. The van der Waals surface area contributed by atoms with Crippen LogP contribution in [0.2, 0.25) is 0 Å². The molecule has 0 aliphatic carbocycles. The van der Waals surface area contributed by atoms with Gasteiger partial charge in [0.1, 0.15) is 0 Å². The number of hydrogen-bond acceptors (Lipinski definition) is 5. The first kappa shape index (κ1) is 27.3. The molecule has 0 bridgehead atoms. The minimum absolute atomic E-state index is 0.619. The third kappa shape index (κ3) is 4.38. The number of rotatable bonds is 4. The molecule has 6 nitrogen and oxygen atoms in total. The minimum Gasteiger partial charge on any atom is -0.309 e. The van der Waals surface area contributed by atoms with Crippen molar-refractivity contribution >= 4 is 54.4 Å². The predicted octanol–water partition coefficient (Wildman–Crippen LogP) is 10.2. The number of fused-ring (bicyclic) bond motifs is 9. The summed E-state index contributed by atoms with van der Waals surface area (Å²) >= 11 is 0. The van der Waals surface area contributed by atoms with Crippen molar-refractivity contribution in [2.24, 2.45) is 0 Å². The van der Waals surface area contributed by atoms with Gasteiger partial charge in [-0.25, -0.2) is 15.0 Å². The molecule has 0 fully saturated rings. The minimum atomic E-state index is 0.619. The molecule has 0 saturated heterocycles. The normalized spacial score (nSPS) is 11.7. The lowest BCUT2D eigenvalue weighted by atomic mass is 9.97. The Hall–Kier alpha value is -6.79.